The third-order valence-electron chi connectivity index (χ3n) is 1.63. The molecule has 0 atom stereocenters. The van der Waals surface area contributed by atoms with Gasteiger partial charge in [-0.25, -0.2) is 8.42 Å². The Kier molecular flexibility index (Phi) is 5.21. The van der Waals surface area contributed by atoms with Gasteiger partial charge in [0.15, 0.2) is 6.61 Å². The molecule has 0 radical (unpaired) electrons. The lowest BCUT2D eigenvalue weighted by molar-refractivity contribution is -0.123. The summed E-state index contributed by atoms with van der Waals surface area (Å²) in [4.78, 5) is 13.0. The van der Waals surface area contributed by atoms with Crippen molar-refractivity contribution in [2.45, 2.75) is 0 Å². The summed E-state index contributed by atoms with van der Waals surface area (Å²) in [5.41, 5.74) is 1.95. The fourth-order valence-electron chi connectivity index (χ4n) is 0.921. The second kappa shape index (κ2) is 6.24. The van der Waals surface area contributed by atoms with Crippen molar-refractivity contribution in [3.05, 3.63) is 28.2 Å². The number of carbonyl (C=O) groups excluding carboxylic acids is 1. The van der Waals surface area contributed by atoms with E-state index in [9.17, 15) is 13.2 Å². The van der Waals surface area contributed by atoms with E-state index < -0.39 is 15.9 Å². The molecule has 1 rings (SSSR count). The van der Waals surface area contributed by atoms with Crippen LogP contribution in [0.25, 0.3) is 0 Å². The molecule has 0 aliphatic carbocycles. The number of nitrogens with one attached hydrogen (secondary N) is 2. The molecule has 1 amide bonds. The Morgan fingerprint density at radius 3 is 2.61 bits per heavy atom. The summed E-state index contributed by atoms with van der Waals surface area (Å²) in [5, 5.41) is 0.696. The van der Waals surface area contributed by atoms with Crippen LogP contribution in [0, 0.1) is 0 Å². The number of rotatable bonds is 5. The fourth-order valence-corrected chi connectivity index (χ4v) is 1.68. The number of amides is 1. The van der Waals surface area contributed by atoms with Gasteiger partial charge in [-0.3, -0.25) is 10.2 Å². The number of hydrazine groups is 1. The second-order valence-electron chi connectivity index (χ2n) is 3.29. The van der Waals surface area contributed by atoms with Gasteiger partial charge < -0.3 is 4.74 Å². The largest absolute Gasteiger partial charge is 0.482 e. The zero-order valence-electron chi connectivity index (χ0n) is 9.24. The SMILES string of the molecule is CS(=O)(=O)NNC(=O)COc1ccc(Cl)cc1Cl. The summed E-state index contributed by atoms with van der Waals surface area (Å²) in [5.74, 6) is -0.387. The first-order chi connectivity index (χ1) is 8.28. The zero-order chi connectivity index (χ0) is 13.8. The average molecular weight is 313 g/mol. The number of hydrogen-bond acceptors (Lipinski definition) is 4. The summed E-state index contributed by atoms with van der Waals surface area (Å²) in [6.45, 7) is -0.385. The molecular weight excluding hydrogens is 303 g/mol. The highest BCUT2D eigenvalue weighted by Crippen LogP contribution is 2.27. The van der Waals surface area contributed by atoms with E-state index in [1.165, 1.54) is 12.1 Å². The lowest BCUT2D eigenvalue weighted by Crippen LogP contribution is -2.43. The van der Waals surface area contributed by atoms with E-state index in [1.54, 1.807) is 6.07 Å². The zero-order valence-corrected chi connectivity index (χ0v) is 11.6. The molecule has 6 nitrogen and oxygen atoms in total. The van der Waals surface area contributed by atoms with Crippen LogP contribution in [0.1, 0.15) is 0 Å². The Labute approximate surface area is 114 Å². The van der Waals surface area contributed by atoms with E-state index >= 15 is 0 Å². The van der Waals surface area contributed by atoms with Gasteiger partial charge in [-0.1, -0.05) is 23.2 Å². The van der Waals surface area contributed by atoms with Gasteiger partial charge in [-0.15, -0.1) is 4.83 Å². The van der Waals surface area contributed by atoms with Crippen LogP contribution in [0.5, 0.6) is 5.75 Å². The molecule has 2 N–H and O–H groups in total. The predicted molar refractivity (Wildman–Crippen MR) is 68.1 cm³/mol. The van der Waals surface area contributed by atoms with Crippen molar-refractivity contribution in [2.24, 2.45) is 0 Å². The molecule has 0 bridgehead atoms. The van der Waals surface area contributed by atoms with E-state index in [4.69, 9.17) is 27.9 Å². The van der Waals surface area contributed by atoms with Gasteiger partial charge in [0.25, 0.3) is 5.91 Å². The van der Waals surface area contributed by atoms with Crippen LogP contribution in [0.3, 0.4) is 0 Å². The van der Waals surface area contributed by atoms with Gasteiger partial charge in [0, 0.05) is 5.02 Å². The number of benzene rings is 1. The topological polar surface area (TPSA) is 84.5 Å². The van der Waals surface area contributed by atoms with Crippen LogP contribution in [-0.4, -0.2) is 27.2 Å². The van der Waals surface area contributed by atoms with E-state index in [2.05, 4.69) is 0 Å². The van der Waals surface area contributed by atoms with Crippen LogP contribution in [0.2, 0.25) is 10.0 Å². The molecule has 0 unspecified atom stereocenters. The fraction of sp³-hybridized carbons (Fsp3) is 0.222. The van der Waals surface area contributed by atoms with Gasteiger partial charge in [-0.05, 0) is 18.2 Å². The summed E-state index contributed by atoms with van der Waals surface area (Å²) < 4.78 is 26.5. The summed E-state index contributed by atoms with van der Waals surface area (Å²) in [7, 11) is -3.50. The molecule has 1 aromatic rings. The molecule has 0 saturated carbocycles. The van der Waals surface area contributed by atoms with E-state index in [0.29, 0.717) is 5.02 Å². The number of hydrogen-bond donors (Lipinski definition) is 2. The van der Waals surface area contributed by atoms with E-state index in [1.807, 2.05) is 10.3 Å². The smallest absolute Gasteiger partial charge is 0.272 e. The predicted octanol–water partition coefficient (Wildman–Crippen LogP) is 0.953. The maximum Gasteiger partial charge on any atom is 0.272 e. The standard InChI is InChI=1S/C9H10Cl2N2O4S/c1-18(15,16)13-12-9(14)5-17-8-3-2-6(10)4-7(8)11/h2-4,13H,5H2,1H3,(H,12,14). The minimum Gasteiger partial charge on any atom is -0.482 e. The van der Waals surface area contributed by atoms with Gasteiger partial charge >= 0.3 is 0 Å². The van der Waals surface area contributed by atoms with Crippen LogP contribution >= 0.6 is 23.2 Å². The highest BCUT2D eigenvalue weighted by molar-refractivity contribution is 7.88. The number of halogens is 2. The molecule has 0 heterocycles. The van der Waals surface area contributed by atoms with Crippen LogP contribution < -0.4 is 15.0 Å². The first kappa shape index (κ1) is 15.0. The molecule has 0 aliphatic rings. The highest BCUT2D eigenvalue weighted by Gasteiger charge is 2.08. The third-order valence-corrected chi connectivity index (χ3v) is 2.63. The first-order valence-electron chi connectivity index (χ1n) is 4.61. The van der Waals surface area contributed by atoms with Gasteiger partial charge in [-0.2, -0.15) is 0 Å². The maximum absolute atomic E-state index is 11.2. The lowest BCUT2D eigenvalue weighted by Gasteiger charge is -2.08. The Balaban J connectivity index is 2.48. The normalized spacial score (nSPS) is 11.1. The number of sulfonamides is 1. The van der Waals surface area contributed by atoms with Crippen LogP contribution in [-0.2, 0) is 14.8 Å². The highest BCUT2D eigenvalue weighted by atomic mass is 35.5. The molecule has 0 spiro atoms. The molecule has 0 saturated heterocycles. The van der Waals surface area contributed by atoms with Gasteiger partial charge in [0.05, 0.1) is 11.3 Å². The Hall–Kier alpha value is -1.02. The second-order valence-corrected chi connectivity index (χ2v) is 5.88. The Bertz CT molecular complexity index is 547. The molecular formula is C9H10Cl2N2O4S. The molecule has 100 valence electrons. The van der Waals surface area contributed by atoms with Crippen LogP contribution in [0.4, 0.5) is 0 Å². The van der Waals surface area contributed by atoms with Crippen molar-refractivity contribution in [2.75, 3.05) is 12.9 Å². The van der Waals surface area contributed by atoms with Crippen molar-refractivity contribution >= 4 is 39.1 Å². The molecule has 18 heavy (non-hydrogen) atoms. The number of carbonyl (C=O) groups is 1. The molecule has 9 heteroatoms. The summed E-state index contributed by atoms with van der Waals surface area (Å²) in [6.07, 6.45) is 0.907. The van der Waals surface area contributed by atoms with Crippen molar-refractivity contribution in [3.8, 4) is 5.75 Å². The van der Waals surface area contributed by atoms with Gasteiger partial charge in [0.1, 0.15) is 5.75 Å². The van der Waals surface area contributed by atoms with Gasteiger partial charge in [0.2, 0.25) is 10.0 Å². The summed E-state index contributed by atoms with van der Waals surface area (Å²) >= 11 is 11.5. The quantitative estimate of drug-likeness (QED) is 0.793. The Morgan fingerprint density at radius 2 is 2.06 bits per heavy atom. The summed E-state index contributed by atoms with van der Waals surface area (Å²) in [6, 6.07) is 4.52. The van der Waals surface area contributed by atoms with Crippen molar-refractivity contribution in [3.63, 3.8) is 0 Å². The molecule has 0 aromatic heterocycles. The minimum absolute atomic E-state index is 0.256. The van der Waals surface area contributed by atoms with Crippen molar-refractivity contribution in [1.29, 1.82) is 0 Å². The van der Waals surface area contributed by atoms with E-state index in [-0.39, 0.29) is 17.4 Å². The number of ether oxygens (including phenoxy) is 1. The van der Waals surface area contributed by atoms with E-state index in [0.717, 1.165) is 6.26 Å². The average Bonchev–Trinajstić information content (AvgIpc) is 2.24. The van der Waals surface area contributed by atoms with Crippen LogP contribution in [0.15, 0.2) is 18.2 Å². The Morgan fingerprint density at radius 1 is 1.39 bits per heavy atom. The first-order valence-corrected chi connectivity index (χ1v) is 7.26. The van der Waals surface area contributed by atoms with Crippen molar-refractivity contribution in [1.82, 2.24) is 10.3 Å². The lowest BCUT2D eigenvalue weighted by atomic mass is 10.3. The molecule has 1 aromatic carbocycles. The van der Waals surface area contributed by atoms with Crippen molar-refractivity contribution < 1.29 is 17.9 Å². The monoisotopic (exact) mass is 312 g/mol. The molecule has 0 fully saturated rings. The molecule has 0 aliphatic heterocycles. The minimum atomic E-state index is -3.50. The third kappa shape index (κ3) is 5.54. The maximum atomic E-state index is 11.2.